The first kappa shape index (κ1) is 32.3. The molecule has 3 N–H and O–H groups in total. The minimum atomic E-state index is -0.646. The molecule has 252 valence electrons. The number of morpholine rings is 1. The van der Waals surface area contributed by atoms with Crippen molar-refractivity contribution in [3.8, 4) is 17.1 Å². The molecule has 2 saturated heterocycles. The SMILES string of the molecule is C=CC(=O)N[C@H]1COCCN(c2nc(OCC3(CN4CCOCC4)CC3)nc3c(F)c(-c4ccc(F)c5sc(N)nc45)c(C=C)cc23)C1. The van der Waals surface area contributed by atoms with Crippen LogP contribution < -0.4 is 20.7 Å². The smallest absolute Gasteiger partial charge is 0.319 e. The van der Waals surface area contributed by atoms with Gasteiger partial charge in [0.15, 0.2) is 10.9 Å². The lowest BCUT2D eigenvalue weighted by Gasteiger charge is -2.30. The number of carbonyl (C=O) groups excluding carboxylic acids is 1. The Morgan fingerprint density at radius 1 is 1.12 bits per heavy atom. The second kappa shape index (κ2) is 13.3. The number of hydrogen-bond donors (Lipinski definition) is 2. The molecular formula is C34H37F2N7O4S. The molecule has 4 aromatic rings. The summed E-state index contributed by atoms with van der Waals surface area (Å²) in [5, 5.41) is 3.50. The molecule has 14 heteroatoms. The quantitative estimate of drug-likeness (QED) is 0.233. The van der Waals surface area contributed by atoms with Crippen molar-refractivity contribution in [1.29, 1.82) is 0 Å². The second-order valence-electron chi connectivity index (χ2n) is 12.5. The fourth-order valence-electron chi connectivity index (χ4n) is 6.47. The number of nitrogens with two attached hydrogens (primary N) is 1. The molecule has 7 rings (SSSR count). The molecule has 1 amide bonds. The lowest BCUT2D eigenvalue weighted by atomic mass is 9.95. The normalized spacial score (nSPS) is 19.6. The average molecular weight is 678 g/mol. The Morgan fingerprint density at radius 3 is 2.67 bits per heavy atom. The Morgan fingerprint density at radius 2 is 1.92 bits per heavy atom. The van der Waals surface area contributed by atoms with E-state index < -0.39 is 11.6 Å². The molecule has 11 nitrogen and oxygen atoms in total. The van der Waals surface area contributed by atoms with E-state index in [1.165, 1.54) is 24.3 Å². The van der Waals surface area contributed by atoms with Crippen LogP contribution in [-0.2, 0) is 14.3 Å². The van der Waals surface area contributed by atoms with E-state index in [1.807, 2.05) is 4.90 Å². The second-order valence-corrected chi connectivity index (χ2v) is 13.5. The Kier molecular flexibility index (Phi) is 8.98. The van der Waals surface area contributed by atoms with Crippen LogP contribution in [0.5, 0.6) is 6.01 Å². The Bertz CT molecular complexity index is 1890. The van der Waals surface area contributed by atoms with Crippen LogP contribution >= 0.6 is 11.3 Å². The van der Waals surface area contributed by atoms with Crippen LogP contribution in [-0.4, -0.2) is 97.6 Å². The van der Waals surface area contributed by atoms with Crippen molar-refractivity contribution in [3.05, 3.63) is 54.6 Å². The summed E-state index contributed by atoms with van der Waals surface area (Å²) >= 11 is 1.00. The van der Waals surface area contributed by atoms with Gasteiger partial charge in [0.05, 0.1) is 49.3 Å². The molecule has 2 aliphatic heterocycles. The van der Waals surface area contributed by atoms with Crippen LogP contribution in [0.25, 0.3) is 38.3 Å². The number of hydrogen-bond acceptors (Lipinski definition) is 11. The lowest BCUT2D eigenvalue weighted by molar-refractivity contribution is -0.117. The Balaban J connectivity index is 1.33. The molecule has 3 aliphatic rings. The standard InChI is InChI=1S/C34H37F2N7O4S/c1-3-20-15-23-28(27(36)26(20)22-5-6-24(35)30-29(22)39-32(37)48-30)40-33(47-19-34(7-8-34)18-42-9-12-45-13-10-42)41-31(23)43-11-14-46-17-21(16-43)38-25(44)4-2/h3-6,15,21H,1-2,7-14,16-19H2,(H2,37,39)(H,38,44)/t21-/m1/s1. The van der Waals surface area contributed by atoms with Gasteiger partial charge in [-0.3, -0.25) is 9.69 Å². The van der Waals surface area contributed by atoms with Crippen molar-refractivity contribution in [2.45, 2.75) is 18.9 Å². The fourth-order valence-corrected chi connectivity index (χ4v) is 7.24. The number of ether oxygens (including phenoxy) is 3. The molecule has 1 saturated carbocycles. The van der Waals surface area contributed by atoms with Crippen molar-refractivity contribution >= 4 is 55.4 Å². The van der Waals surface area contributed by atoms with Gasteiger partial charge in [0.2, 0.25) is 5.91 Å². The van der Waals surface area contributed by atoms with E-state index in [4.69, 9.17) is 24.9 Å². The maximum atomic E-state index is 17.1. The highest BCUT2D eigenvalue weighted by atomic mass is 32.1. The molecule has 0 unspecified atom stereocenters. The number of fused-ring (bicyclic) bond motifs is 2. The van der Waals surface area contributed by atoms with Crippen molar-refractivity contribution < 1.29 is 27.8 Å². The van der Waals surface area contributed by atoms with Crippen molar-refractivity contribution in [2.24, 2.45) is 5.41 Å². The number of amides is 1. The highest BCUT2D eigenvalue weighted by molar-refractivity contribution is 7.22. The number of benzene rings is 2. The van der Waals surface area contributed by atoms with E-state index in [9.17, 15) is 9.18 Å². The number of nitrogens with one attached hydrogen (secondary N) is 1. The van der Waals surface area contributed by atoms with Gasteiger partial charge in [0, 0.05) is 54.7 Å². The summed E-state index contributed by atoms with van der Waals surface area (Å²) in [6, 6.07) is 4.22. The molecule has 1 atom stereocenters. The van der Waals surface area contributed by atoms with Crippen LogP contribution in [0.4, 0.5) is 19.7 Å². The summed E-state index contributed by atoms with van der Waals surface area (Å²) in [6.45, 7) is 13.4. The number of rotatable bonds is 10. The van der Waals surface area contributed by atoms with Gasteiger partial charge in [-0.2, -0.15) is 9.97 Å². The monoisotopic (exact) mass is 677 g/mol. The van der Waals surface area contributed by atoms with E-state index in [1.54, 1.807) is 6.07 Å². The number of carbonyl (C=O) groups is 1. The van der Waals surface area contributed by atoms with Gasteiger partial charge in [-0.15, -0.1) is 0 Å². The van der Waals surface area contributed by atoms with Gasteiger partial charge in [-0.1, -0.05) is 30.6 Å². The minimum Gasteiger partial charge on any atom is -0.463 e. The molecule has 4 heterocycles. The molecular weight excluding hydrogens is 640 g/mol. The molecule has 0 radical (unpaired) electrons. The van der Waals surface area contributed by atoms with Crippen LogP contribution in [0.15, 0.2) is 37.4 Å². The third kappa shape index (κ3) is 6.44. The van der Waals surface area contributed by atoms with Gasteiger partial charge in [0.1, 0.15) is 17.2 Å². The summed E-state index contributed by atoms with van der Waals surface area (Å²) in [6.07, 6.45) is 4.77. The Labute approximate surface area is 280 Å². The minimum absolute atomic E-state index is 0.0335. The van der Waals surface area contributed by atoms with E-state index in [2.05, 4.69) is 33.3 Å². The number of nitrogen functional groups attached to an aromatic ring is 1. The molecule has 1 aliphatic carbocycles. The van der Waals surface area contributed by atoms with E-state index >= 15 is 4.39 Å². The van der Waals surface area contributed by atoms with Crippen molar-refractivity contribution in [3.63, 3.8) is 0 Å². The summed E-state index contributed by atoms with van der Waals surface area (Å²) < 4.78 is 49.7. The zero-order valence-electron chi connectivity index (χ0n) is 26.5. The van der Waals surface area contributed by atoms with Crippen molar-refractivity contribution in [2.75, 3.05) is 76.4 Å². The molecule has 0 spiro atoms. The predicted octanol–water partition coefficient (Wildman–Crippen LogP) is 4.41. The highest BCUT2D eigenvalue weighted by Crippen LogP contribution is 2.47. The van der Waals surface area contributed by atoms with Crippen LogP contribution in [0.1, 0.15) is 18.4 Å². The molecule has 48 heavy (non-hydrogen) atoms. The summed E-state index contributed by atoms with van der Waals surface area (Å²) in [5.41, 5.74) is 7.20. The first-order valence-electron chi connectivity index (χ1n) is 16.0. The Hall–Kier alpha value is -4.24. The van der Waals surface area contributed by atoms with Gasteiger partial charge < -0.3 is 30.2 Å². The van der Waals surface area contributed by atoms with Crippen molar-refractivity contribution in [1.82, 2.24) is 25.2 Å². The van der Waals surface area contributed by atoms with Gasteiger partial charge in [-0.05, 0) is 42.7 Å². The number of aromatic nitrogens is 3. The zero-order chi connectivity index (χ0) is 33.4. The summed E-state index contributed by atoms with van der Waals surface area (Å²) in [7, 11) is 0. The zero-order valence-corrected chi connectivity index (χ0v) is 27.3. The number of nitrogens with zero attached hydrogens (tertiary/aromatic N) is 5. The van der Waals surface area contributed by atoms with Crippen LogP contribution in [0.2, 0.25) is 0 Å². The van der Waals surface area contributed by atoms with Gasteiger partial charge in [0.25, 0.3) is 0 Å². The van der Waals surface area contributed by atoms with Crippen LogP contribution in [0, 0.1) is 17.0 Å². The highest BCUT2D eigenvalue weighted by Gasteiger charge is 2.45. The average Bonchev–Trinajstić information content (AvgIpc) is 3.80. The third-order valence-corrected chi connectivity index (χ3v) is 10.0. The predicted molar refractivity (Wildman–Crippen MR) is 182 cm³/mol. The molecule has 2 aromatic heterocycles. The summed E-state index contributed by atoms with van der Waals surface area (Å²) in [4.78, 5) is 30.4. The number of halogens is 2. The van der Waals surface area contributed by atoms with Crippen LogP contribution in [0.3, 0.4) is 0 Å². The fraction of sp³-hybridized carbons (Fsp3) is 0.412. The van der Waals surface area contributed by atoms with E-state index in [-0.39, 0.29) is 49.8 Å². The number of anilines is 2. The molecule has 0 bridgehead atoms. The van der Waals surface area contributed by atoms with Gasteiger partial charge in [-0.25, -0.2) is 13.8 Å². The molecule has 2 aromatic carbocycles. The molecule has 3 fully saturated rings. The van der Waals surface area contributed by atoms with E-state index in [0.717, 1.165) is 43.8 Å². The largest absolute Gasteiger partial charge is 0.463 e. The maximum Gasteiger partial charge on any atom is 0.319 e. The van der Waals surface area contributed by atoms with E-state index in [0.29, 0.717) is 68.5 Å². The first-order valence-corrected chi connectivity index (χ1v) is 16.8. The first-order chi connectivity index (χ1) is 23.3. The van der Waals surface area contributed by atoms with Gasteiger partial charge >= 0.3 is 6.01 Å². The maximum absolute atomic E-state index is 17.1. The topological polar surface area (TPSA) is 128 Å². The summed E-state index contributed by atoms with van der Waals surface area (Å²) in [5.74, 6) is -1.02. The lowest BCUT2D eigenvalue weighted by Crippen LogP contribution is -2.44. The third-order valence-electron chi connectivity index (χ3n) is 9.15. The number of thiazole rings is 1.